The van der Waals surface area contributed by atoms with Crippen molar-refractivity contribution in [1.82, 2.24) is 14.9 Å². The largest absolute Gasteiger partial charge is 0.382 e. The van der Waals surface area contributed by atoms with Gasteiger partial charge in [-0.2, -0.15) is 4.98 Å². The summed E-state index contributed by atoms with van der Waals surface area (Å²) < 4.78 is 0. The van der Waals surface area contributed by atoms with Gasteiger partial charge in [0.25, 0.3) is 5.91 Å². The third kappa shape index (κ3) is 4.14. The highest BCUT2D eigenvalue weighted by molar-refractivity contribution is 6.22. The van der Waals surface area contributed by atoms with Crippen LogP contribution in [-0.2, 0) is 0 Å². The Bertz CT molecular complexity index is 1170. The minimum atomic E-state index is -0.138. The van der Waals surface area contributed by atoms with Crippen LogP contribution in [0.25, 0.3) is 5.70 Å². The first kappa shape index (κ1) is 21.0. The number of aromatic nitrogens is 2. The van der Waals surface area contributed by atoms with E-state index in [1.54, 1.807) is 4.90 Å². The summed E-state index contributed by atoms with van der Waals surface area (Å²) in [5, 5.41) is 3.29. The van der Waals surface area contributed by atoms with E-state index in [4.69, 9.17) is 9.97 Å². The van der Waals surface area contributed by atoms with E-state index in [0.29, 0.717) is 11.6 Å². The molecule has 7 nitrogen and oxygen atoms in total. The number of fused-ring (bicyclic) bond motifs is 1. The van der Waals surface area contributed by atoms with Gasteiger partial charge in [0.15, 0.2) is 0 Å². The van der Waals surface area contributed by atoms with E-state index in [-0.39, 0.29) is 5.91 Å². The highest BCUT2D eigenvalue weighted by Crippen LogP contribution is 2.41. The molecular weight excluding hydrogens is 412 g/mol. The van der Waals surface area contributed by atoms with Crippen molar-refractivity contribution >= 4 is 34.7 Å². The van der Waals surface area contributed by atoms with E-state index in [9.17, 15) is 4.79 Å². The molecule has 7 heteroatoms. The molecule has 0 atom stereocenters. The Morgan fingerprint density at radius 3 is 2.24 bits per heavy atom. The van der Waals surface area contributed by atoms with Gasteiger partial charge in [0.2, 0.25) is 5.95 Å². The number of piperidine rings is 1. The molecule has 3 heterocycles. The number of hydrogen-bond donors (Lipinski definition) is 1. The van der Waals surface area contributed by atoms with Crippen LogP contribution in [-0.4, -0.2) is 48.0 Å². The second-order valence-electron chi connectivity index (χ2n) is 8.59. The number of para-hydroxylation sites is 2. The third-order valence-electron chi connectivity index (χ3n) is 5.87. The Morgan fingerprint density at radius 1 is 0.909 bits per heavy atom. The molecule has 0 radical (unpaired) electrons. The fourth-order valence-electron chi connectivity index (χ4n) is 4.41. The third-order valence-corrected chi connectivity index (χ3v) is 5.87. The number of carbonyl (C=O) groups is 1. The topological polar surface area (TPSA) is 64.6 Å². The van der Waals surface area contributed by atoms with E-state index < -0.39 is 0 Å². The number of benzene rings is 2. The summed E-state index contributed by atoms with van der Waals surface area (Å²) in [6, 6.07) is 19.6. The quantitative estimate of drug-likeness (QED) is 0.619. The SMILES string of the molecule is CN(C)C=C1c2c(nc(Nc3ccccc3)nc2N2CCCCC2)C(=O)N1c1ccccc1. The van der Waals surface area contributed by atoms with Crippen molar-refractivity contribution in [1.29, 1.82) is 0 Å². The number of anilines is 4. The van der Waals surface area contributed by atoms with Gasteiger partial charge < -0.3 is 15.1 Å². The van der Waals surface area contributed by atoms with Crippen molar-refractivity contribution in [2.45, 2.75) is 19.3 Å². The van der Waals surface area contributed by atoms with Crippen molar-refractivity contribution in [2.24, 2.45) is 0 Å². The van der Waals surface area contributed by atoms with Crippen LogP contribution in [0.2, 0.25) is 0 Å². The van der Waals surface area contributed by atoms with Crippen LogP contribution in [0.5, 0.6) is 0 Å². The molecule has 168 valence electrons. The number of nitrogens with one attached hydrogen (secondary N) is 1. The van der Waals surface area contributed by atoms with E-state index in [1.165, 1.54) is 6.42 Å². The lowest BCUT2D eigenvalue weighted by Crippen LogP contribution is -2.31. The summed E-state index contributed by atoms with van der Waals surface area (Å²) in [4.78, 5) is 29.4. The van der Waals surface area contributed by atoms with Crippen LogP contribution in [0, 0.1) is 0 Å². The molecule has 1 saturated heterocycles. The molecule has 0 saturated carbocycles. The van der Waals surface area contributed by atoms with Crippen molar-refractivity contribution < 1.29 is 4.79 Å². The van der Waals surface area contributed by atoms with Gasteiger partial charge in [-0.05, 0) is 43.5 Å². The fourth-order valence-corrected chi connectivity index (χ4v) is 4.41. The smallest absolute Gasteiger partial charge is 0.282 e. The zero-order valence-corrected chi connectivity index (χ0v) is 19.0. The Balaban J connectivity index is 1.68. The fraction of sp³-hybridized carbons (Fsp3) is 0.269. The van der Waals surface area contributed by atoms with Crippen molar-refractivity contribution in [3.63, 3.8) is 0 Å². The maximum absolute atomic E-state index is 13.8. The molecule has 2 aliphatic rings. The van der Waals surface area contributed by atoms with Gasteiger partial charge in [-0.25, -0.2) is 4.98 Å². The number of rotatable bonds is 5. The monoisotopic (exact) mass is 440 g/mol. The molecule has 0 unspecified atom stereocenters. The molecule has 0 aliphatic carbocycles. The van der Waals surface area contributed by atoms with E-state index in [2.05, 4.69) is 10.2 Å². The minimum absolute atomic E-state index is 0.138. The Labute approximate surface area is 194 Å². The first-order valence-corrected chi connectivity index (χ1v) is 11.4. The molecule has 33 heavy (non-hydrogen) atoms. The lowest BCUT2D eigenvalue weighted by atomic mass is 10.1. The molecule has 1 amide bonds. The maximum atomic E-state index is 13.8. The van der Waals surface area contributed by atoms with Crippen LogP contribution in [0.15, 0.2) is 66.9 Å². The highest BCUT2D eigenvalue weighted by Gasteiger charge is 2.40. The van der Waals surface area contributed by atoms with Crippen LogP contribution < -0.4 is 15.1 Å². The van der Waals surface area contributed by atoms with Gasteiger partial charge >= 0.3 is 0 Å². The van der Waals surface area contributed by atoms with Crippen LogP contribution in [0.3, 0.4) is 0 Å². The van der Waals surface area contributed by atoms with Crippen molar-refractivity contribution in [2.75, 3.05) is 42.3 Å². The van der Waals surface area contributed by atoms with Gasteiger partial charge in [0.05, 0.1) is 11.3 Å². The van der Waals surface area contributed by atoms with Crippen LogP contribution in [0.1, 0.15) is 35.3 Å². The zero-order chi connectivity index (χ0) is 22.8. The van der Waals surface area contributed by atoms with Crippen LogP contribution in [0.4, 0.5) is 23.1 Å². The first-order chi connectivity index (χ1) is 16.1. The summed E-state index contributed by atoms with van der Waals surface area (Å²) in [6.07, 6.45) is 5.43. The van der Waals surface area contributed by atoms with Crippen LogP contribution >= 0.6 is 0 Å². The van der Waals surface area contributed by atoms with E-state index in [1.807, 2.05) is 85.9 Å². The Morgan fingerprint density at radius 2 is 1.58 bits per heavy atom. The molecule has 2 aromatic carbocycles. The molecule has 5 rings (SSSR count). The average Bonchev–Trinajstić information content (AvgIpc) is 3.11. The van der Waals surface area contributed by atoms with E-state index in [0.717, 1.165) is 54.4 Å². The predicted molar refractivity (Wildman–Crippen MR) is 133 cm³/mol. The van der Waals surface area contributed by atoms with E-state index >= 15 is 0 Å². The predicted octanol–water partition coefficient (Wildman–Crippen LogP) is 4.73. The molecule has 0 bridgehead atoms. The summed E-state index contributed by atoms with van der Waals surface area (Å²) in [5.74, 6) is 1.12. The van der Waals surface area contributed by atoms with Crippen molar-refractivity contribution in [3.05, 3.63) is 78.1 Å². The summed E-state index contributed by atoms with van der Waals surface area (Å²) in [6.45, 7) is 1.84. The second-order valence-corrected chi connectivity index (χ2v) is 8.59. The molecule has 1 aromatic heterocycles. The molecule has 1 fully saturated rings. The second kappa shape index (κ2) is 8.94. The first-order valence-electron chi connectivity index (χ1n) is 11.4. The Kier molecular flexibility index (Phi) is 5.69. The Hall–Kier alpha value is -3.87. The van der Waals surface area contributed by atoms with Crippen molar-refractivity contribution in [3.8, 4) is 0 Å². The molecule has 2 aliphatic heterocycles. The summed E-state index contributed by atoms with van der Waals surface area (Å²) >= 11 is 0. The standard InChI is InChI=1S/C26H28N6O/c1-30(2)18-21-22-23(25(33)32(21)20-14-8-4-9-15-20)28-26(27-19-12-6-3-7-13-19)29-24(22)31-16-10-5-11-17-31/h3-4,6-9,12-15,18H,5,10-11,16-17H2,1-2H3,(H,27,28,29). The molecule has 3 aromatic rings. The van der Waals surface area contributed by atoms with Gasteiger partial charge in [-0.1, -0.05) is 36.4 Å². The highest BCUT2D eigenvalue weighted by atomic mass is 16.2. The molecule has 1 N–H and O–H groups in total. The lowest BCUT2D eigenvalue weighted by molar-refractivity contribution is 0.100. The molecular formula is C26H28N6O. The summed E-state index contributed by atoms with van der Waals surface area (Å²) in [7, 11) is 3.93. The average molecular weight is 441 g/mol. The zero-order valence-electron chi connectivity index (χ0n) is 19.0. The van der Waals surface area contributed by atoms with Gasteiger partial charge in [0, 0.05) is 44.8 Å². The number of amides is 1. The van der Waals surface area contributed by atoms with Gasteiger partial charge in [-0.15, -0.1) is 0 Å². The number of hydrogen-bond acceptors (Lipinski definition) is 6. The minimum Gasteiger partial charge on any atom is -0.382 e. The summed E-state index contributed by atoms with van der Waals surface area (Å²) in [5.41, 5.74) is 3.74. The number of nitrogens with zero attached hydrogens (tertiary/aromatic N) is 5. The number of carbonyl (C=O) groups excluding carboxylic acids is 1. The normalized spacial score (nSPS) is 16.8. The maximum Gasteiger partial charge on any atom is 0.282 e. The van der Waals surface area contributed by atoms with Gasteiger partial charge in [-0.3, -0.25) is 9.69 Å². The van der Waals surface area contributed by atoms with Gasteiger partial charge in [0.1, 0.15) is 11.5 Å². The molecule has 0 spiro atoms. The lowest BCUT2D eigenvalue weighted by Gasteiger charge is -2.30.